The molecule has 1 aliphatic carbocycles. The van der Waals surface area contributed by atoms with E-state index in [1.165, 1.54) is 47.8 Å². The van der Waals surface area contributed by atoms with Crippen molar-refractivity contribution in [2.45, 2.75) is 46.5 Å². The number of rotatable bonds is 5. The number of nitrogens with one attached hydrogen (secondary N) is 1. The second kappa shape index (κ2) is 4.84. The van der Waals surface area contributed by atoms with Crippen molar-refractivity contribution >= 4 is 11.3 Å². The normalized spacial score (nSPS) is 18.4. The molecule has 0 bridgehead atoms. The van der Waals surface area contributed by atoms with Crippen LogP contribution in [0.15, 0.2) is 0 Å². The third kappa shape index (κ3) is 2.46. The molecule has 0 saturated heterocycles. The molecule has 0 aliphatic heterocycles. The molecule has 1 fully saturated rings. The molecule has 0 amide bonds. The van der Waals surface area contributed by atoms with Crippen LogP contribution in [0.1, 0.15) is 41.8 Å². The zero-order valence-electron chi connectivity index (χ0n) is 10.6. The maximum Gasteiger partial charge on any atom is 0.0936 e. The number of aryl methyl sites for hydroxylation is 2. The minimum Gasteiger partial charge on any atom is -0.316 e. The Kier molecular flexibility index (Phi) is 3.65. The Balaban J connectivity index is 2.01. The van der Waals surface area contributed by atoms with Gasteiger partial charge in [0.1, 0.15) is 0 Å². The largest absolute Gasteiger partial charge is 0.316 e. The van der Waals surface area contributed by atoms with Crippen molar-refractivity contribution in [3.05, 3.63) is 15.6 Å². The van der Waals surface area contributed by atoms with E-state index in [0.717, 1.165) is 6.54 Å². The van der Waals surface area contributed by atoms with Gasteiger partial charge >= 0.3 is 0 Å². The standard InChI is InChI=1S/C13H22N2S/c1-4-14-9-13(6-5-7-13)8-12-15-10(2)11(3)16-12/h14H,4-9H2,1-3H3. The molecular formula is C13H22N2S. The molecule has 90 valence electrons. The van der Waals surface area contributed by atoms with E-state index in [9.17, 15) is 0 Å². The van der Waals surface area contributed by atoms with Gasteiger partial charge in [0, 0.05) is 17.8 Å². The van der Waals surface area contributed by atoms with Crippen molar-refractivity contribution in [2.24, 2.45) is 5.41 Å². The van der Waals surface area contributed by atoms with E-state index in [1.807, 2.05) is 11.3 Å². The minimum atomic E-state index is 0.521. The minimum absolute atomic E-state index is 0.521. The van der Waals surface area contributed by atoms with Crippen LogP contribution in [0.2, 0.25) is 0 Å². The van der Waals surface area contributed by atoms with Gasteiger partial charge in [0.2, 0.25) is 0 Å². The molecule has 1 saturated carbocycles. The van der Waals surface area contributed by atoms with Gasteiger partial charge in [0.05, 0.1) is 10.7 Å². The van der Waals surface area contributed by atoms with Crippen molar-refractivity contribution < 1.29 is 0 Å². The van der Waals surface area contributed by atoms with Crippen LogP contribution in [0, 0.1) is 19.3 Å². The van der Waals surface area contributed by atoms with E-state index in [-0.39, 0.29) is 0 Å². The van der Waals surface area contributed by atoms with E-state index in [1.54, 1.807) is 0 Å². The highest BCUT2D eigenvalue weighted by Crippen LogP contribution is 2.43. The molecule has 1 aliphatic rings. The molecule has 1 aromatic heterocycles. The first-order valence-electron chi connectivity index (χ1n) is 6.29. The zero-order valence-corrected chi connectivity index (χ0v) is 11.4. The summed E-state index contributed by atoms with van der Waals surface area (Å²) in [6, 6.07) is 0. The molecule has 1 heterocycles. The third-order valence-corrected chi connectivity index (χ3v) is 4.84. The van der Waals surface area contributed by atoms with Gasteiger partial charge in [0.15, 0.2) is 0 Å². The first kappa shape index (κ1) is 12.1. The highest BCUT2D eigenvalue weighted by molar-refractivity contribution is 7.11. The molecule has 16 heavy (non-hydrogen) atoms. The highest BCUT2D eigenvalue weighted by Gasteiger charge is 2.37. The Morgan fingerprint density at radius 3 is 2.56 bits per heavy atom. The lowest BCUT2D eigenvalue weighted by atomic mass is 9.66. The SMILES string of the molecule is CCNCC1(Cc2nc(C)c(C)s2)CCC1. The monoisotopic (exact) mass is 238 g/mol. The summed E-state index contributed by atoms with van der Waals surface area (Å²) in [5, 5.41) is 4.85. The van der Waals surface area contributed by atoms with Gasteiger partial charge in [-0.2, -0.15) is 0 Å². The fourth-order valence-corrected chi connectivity index (χ4v) is 3.53. The summed E-state index contributed by atoms with van der Waals surface area (Å²) in [4.78, 5) is 6.06. The van der Waals surface area contributed by atoms with Crippen LogP contribution < -0.4 is 5.32 Å². The van der Waals surface area contributed by atoms with E-state index < -0.39 is 0 Å². The van der Waals surface area contributed by atoms with Crippen LogP contribution in [0.25, 0.3) is 0 Å². The molecule has 3 heteroatoms. The summed E-state index contributed by atoms with van der Waals surface area (Å²) < 4.78 is 0. The van der Waals surface area contributed by atoms with Crippen molar-refractivity contribution in [1.29, 1.82) is 0 Å². The predicted molar refractivity (Wildman–Crippen MR) is 70.1 cm³/mol. The van der Waals surface area contributed by atoms with Crippen LogP contribution >= 0.6 is 11.3 Å². The molecular weight excluding hydrogens is 216 g/mol. The summed E-state index contributed by atoms with van der Waals surface area (Å²) in [6.45, 7) is 8.73. The van der Waals surface area contributed by atoms with E-state index >= 15 is 0 Å². The first-order chi connectivity index (χ1) is 7.65. The van der Waals surface area contributed by atoms with Gasteiger partial charge < -0.3 is 5.32 Å². The Labute approximate surface area is 102 Å². The summed E-state index contributed by atoms with van der Waals surface area (Å²) >= 11 is 1.89. The Morgan fingerprint density at radius 1 is 1.38 bits per heavy atom. The van der Waals surface area contributed by atoms with Crippen LogP contribution in [0.3, 0.4) is 0 Å². The Hall–Kier alpha value is -0.410. The van der Waals surface area contributed by atoms with E-state index in [0.29, 0.717) is 5.41 Å². The fourth-order valence-electron chi connectivity index (χ4n) is 2.42. The molecule has 0 atom stereocenters. The first-order valence-corrected chi connectivity index (χ1v) is 7.10. The molecule has 2 rings (SSSR count). The van der Waals surface area contributed by atoms with Gasteiger partial charge in [-0.05, 0) is 38.6 Å². The summed E-state index contributed by atoms with van der Waals surface area (Å²) in [6.07, 6.45) is 5.32. The van der Waals surface area contributed by atoms with Crippen molar-refractivity contribution in [2.75, 3.05) is 13.1 Å². The summed E-state index contributed by atoms with van der Waals surface area (Å²) in [5.41, 5.74) is 1.74. The average molecular weight is 238 g/mol. The molecule has 1 N–H and O–H groups in total. The molecule has 0 radical (unpaired) electrons. The number of aromatic nitrogens is 1. The number of hydrogen-bond donors (Lipinski definition) is 1. The lowest BCUT2D eigenvalue weighted by Gasteiger charge is -2.41. The smallest absolute Gasteiger partial charge is 0.0936 e. The summed E-state index contributed by atoms with van der Waals surface area (Å²) in [7, 11) is 0. The molecule has 0 unspecified atom stereocenters. The maximum absolute atomic E-state index is 4.68. The molecule has 2 nitrogen and oxygen atoms in total. The Bertz CT molecular complexity index is 333. The van der Waals surface area contributed by atoms with Crippen LogP contribution in [0.4, 0.5) is 0 Å². The van der Waals surface area contributed by atoms with Crippen molar-refractivity contribution in [3.8, 4) is 0 Å². The Morgan fingerprint density at radius 2 is 2.12 bits per heavy atom. The van der Waals surface area contributed by atoms with E-state index in [4.69, 9.17) is 0 Å². The molecule has 0 spiro atoms. The van der Waals surface area contributed by atoms with Gasteiger partial charge in [-0.1, -0.05) is 13.3 Å². The number of thiazole rings is 1. The highest BCUT2D eigenvalue weighted by atomic mass is 32.1. The van der Waals surface area contributed by atoms with Gasteiger partial charge in [-0.15, -0.1) is 11.3 Å². The number of nitrogens with zero attached hydrogens (tertiary/aromatic N) is 1. The predicted octanol–water partition coefficient (Wildman–Crippen LogP) is 3.08. The zero-order chi connectivity index (χ0) is 11.6. The average Bonchev–Trinajstić information content (AvgIpc) is 2.50. The van der Waals surface area contributed by atoms with Crippen LogP contribution in [-0.4, -0.2) is 18.1 Å². The van der Waals surface area contributed by atoms with Crippen LogP contribution in [0.5, 0.6) is 0 Å². The van der Waals surface area contributed by atoms with Gasteiger partial charge in [-0.3, -0.25) is 0 Å². The maximum atomic E-state index is 4.68. The lowest BCUT2D eigenvalue weighted by molar-refractivity contribution is 0.131. The van der Waals surface area contributed by atoms with E-state index in [2.05, 4.69) is 31.1 Å². The summed E-state index contributed by atoms with van der Waals surface area (Å²) in [5.74, 6) is 0. The van der Waals surface area contributed by atoms with Gasteiger partial charge in [0.25, 0.3) is 0 Å². The second-order valence-electron chi connectivity index (χ2n) is 5.06. The quantitative estimate of drug-likeness (QED) is 0.852. The van der Waals surface area contributed by atoms with Crippen LogP contribution in [-0.2, 0) is 6.42 Å². The van der Waals surface area contributed by atoms with Crippen molar-refractivity contribution in [1.82, 2.24) is 10.3 Å². The topological polar surface area (TPSA) is 24.9 Å². The van der Waals surface area contributed by atoms with Crippen molar-refractivity contribution in [3.63, 3.8) is 0 Å². The molecule has 1 aromatic rings. The lowest BCUT2D eigenvalue weighted by Crippen LogP contribution is -2.41. The fraction of sp³-hybridized carbons (Fsp3) is 0.769. The molecule has 0 aromatic carbocycles. The second-order valence-corrected chi connectivity index (χ2v) is 6.35. The number of hydrogen-bond acceptors (Lipinski definition) is 3. The van der Waals surface area contributed by atoms with Gasteiger partial charge in [-0.25, -0.2) is 4.98 Å². The third-order valence-electron chi connectivity index (χ3n) is 3.76.